The Morgan fingerprint density at radius 3 is 2.90 bits per heavy atom. The van der Waals surface area contributed by atoms with Gasteiger partial charge in [0.1, 0.15) is 18.1 Å². The fourth-order valence-corrected chi connectivity index (χ4v) is 3.97. The highest BCUT2D eigenvalue weighted by Gasteiger charge is 2.34. The number of sulfonamides is 1. The Labute approximate surface area is 122 Å². The first kappa shape index (κ1) is 12.8. The van der Waals surface area contributed by atoms with Gasteiger partial charge in [-0.25, -0.2) is 13.4 Å². The van der Waals surface area contributed by atoms with E-state index in [1.165, 1.54) is 16.6 Å². The number of aliphatic imine (C=N–C) groups is 1. The van der Waals surface area contributed by atoms with Crippen LogP contribution in [-0.4, -0.2) is 56.8 Å². The quantitative estimate of drug-likeness (QED) is 0.782. The number of rotatable bonds is 2. The van der Waals surface area contributed by atoms with Crippen molar-refractivity contribution in [3.63, 3.8) is 0 Å². The maximum Gasteiger partial charge on any atom is 0.257 e. The number of aromatic nitrogens is 1. The van der Waals surface area contributed by atoms with Crippen LogP contribution in [-0.2, 0) is 10.0 Å². The summed E-state index contributed by atoms with van der Waals surface area (Å²) < 4.78 is 37.5. The van der Waals surface area contributed by atoms with E-state index in [-0.39, 0.29) is 4.90 Å². The van der Waals surface area contributed by atoms with Gasteiger partial charge in [-0.3, -0.25) is 4.99 Å². The second-order valence-corrected chi connectivity index (χ2v) is 6.98. The molecule has 0 bridgehead atoms. The van der Waals surface area contributed by atoms with E-state index < -0.39 is 10.0 Å². The molecule has 3 aliphatic heterocycles. The molecule has 0 spiro atoms. The van der Waals surface area contributed by atoms with Gasteiger partial charge in [0.15, 0.2) is 5.75 Å². The number of pyridine rings is 1. The lowest BCUT2D eigenvalue weighted by Crippen LogP contribution is -2.30. The fourth-order valence-electron chi connectivity index (χ4n) is 2.60. The van der Waals surface area contributed by atoms with Crippen molar-refractivity contribution in [1.82, 2.24) is 9.29 Å². The van der Waals surface area contributed by atoms with Crippen LogP contribution in [0.3, 0.4) is 0 Å². The molecule has 0 atom stereocenters. The summed E-state index contributed by atoms with van der Waals surface area (Å²) in [6.07, 6.45) is 3.08. The first-order valence-electron chi connectivity index (χ1n) is 6.61. The molecule has 0 saturated heterocycles. The number of fused-ring (bicyclic) bond motifs is 1. The zero-order chi connectivity index (χ0) is 14.4. The van der Waals surface area contributed by atoms with Gasteiger partial charge in [0.2, 0.25) is 10.0 Å². The number of ether oxygens (including phenoxy) is 2. The van der Waals surface area contributed by atoms with E-state index in [1.807, 2.05) is 0 Å². The van der Waals surface area contributed by atoms with Crippen LogP contribution >= 0.6 is 0 Å². The fraction of sp³-hybridized carbons (Fsp3) is 0.385. The molecule has 0 unspecified atom stereocenters. The van der Waals surface area contributed by atoms with Crippen LogP contribution in [0.2, 0.25) is 0 Å². The monoisotopic (exact) mass is 307 g/mol. The zero-order valence-corrected chi connectivity index (χ0v) is 12.0. The van der Waals surface area contributed by atoms with Crippen LogP contribution in [0.4, 0.5) is 0 Å². The molecule has 8 heteroatoms. The lowest BCUT2D eigenvalue weighted by atomic mass is 10.2. The molecular weight excluding hydrogens is 294 g/mol. The second kappa shape index (κ2) is 4.54. The minimum atomic E-state index is -3.58. The predicted octanol–water partition coefficient (Wildman–Crippen LogP) is 0.238. The highest BCUT2D eigenvalue weighted by molar-refractivity contribution is 7.89. The normalized spacial score (nSPS) is 21.0. The minimum Gasteiger partial charge on any atom is -0.484 e. The smallest absolute Gasteiger partial charge is 0.257 e. The number of nitrogens with zero attached hydrogens (tertiary/aromatic N) is 3. The summed E-state index contributed by atoms with van der Waals surface area (Å²) in [5.41, 5.74) is 2.08. The molecule has 0 saturated carbocycles. The Morgan fingerprint density at radius 1 is 1.19 bits per heavy atom. The van der Waals surface area contributed by atoms with Crippen LogP contribution in [0, 0.1) is 0 Å². The molecule has 1 aromatic rings. The van der Waals surface area contributed by atoms with Gasteiger partial charge in [0.25, 0.3) is 5.88 Å². The topological polar surface area (TPSA) is 81.1 Å². The Hall–Kier alpha value is -1.93. The largest absolute Gasteiger partial charge is 0.484 e. The standard InChI is InChI=1S/C13H13N3O4S/c17-21(18,16-7-9-4-14-5-10(9)8-16)11-3-12-13(15-6-11)20-2-1-19-12/h3-4,6H,1-2,5,7-8H2. The Morgan fingerprint density at radius 2 is 2.05 bits per heavy atom. The van der Waals surface area contributed by atoms with E-state index in [0.29, 0.717) is 44.5 Å². The summed E-state index contributed by atoms with van der Waals surface area (Å²) >= 11 is 0. The average molecular weight is 307 g/mol. The zero-order valence-electron chi connectivity index (χ0n) is 11.2. The van der Waals surface area contributed by atoms with Crippen molar-refractivity contribution < 1.29 is 17.9 Å². The minimum absolute atomic E-state index is 0.130. The van der Waals surface area contributed by atoms with Crippen molar-refractivity contribution in [2.75, 3.05) is 32.8 Å². The van der Waals surface area contributed by atoms with Crippen molar-refractivity contribution >= 4 is 16.2 Å². The van der Waals surface area contributed by atoms with Gasteiger partial charge in [0.05, 0.1) is 12.7 Å². The maximum absolute atomic E-state index is 12.7. The second-order valence-electron chi connectivity index (χ2n) is 5.04. The number of hydrogen-bond donors (Lipinski definition) is 0. The summed E-state index contributed by atoms with van der Waals surface area (Å²) in [7, 11) is -3.58. The molecule has 3 aliphatic rings. The van der Waals surface area contributed by atoms with E-state index in [9.17, 15) is 8.42 Å². The Balaban J connectivity index is 1.65. The summed E-state index contributed by atoms with van der Waals surface area (Å²) in [5, 5.41) is 0. The van der Waals surface area contributed by atoms with Crippen LogP contribution in [0.5, 0.6) is 11.6 Å². The van der Waals surface area contributed by atoms with Crippen LogP contribution in [0.25, 0.3) is 0 Å². The maximum atomic E-state index is 12.7. The van der Waals surface area contributed by atoms with Crippen LogP contribution < -0.4 is 9.47 Å². The van der Waals surface area contributed by atoms with Crippen LogP contribution in [0.15, 0.2) is 33.3 Å². The van der Waals surface area contributed by atoms with Gasteiger partial charge in [0, 0.05) is 25.4 Å². The first-order valence-corrected chi connectivity index (χ1v) is 8.05. The molecule has 0 fully saturated rings. The third-order valence-electron chi connectivity index (χ3n) is 3.71. The molecular formula is C13H13N3O4S. The van der Waals surface area contributed by atoms with Gasteiger partial charge in [-0.15, -0.1) is 0 Å². The lowest BCUT2D eigenvalue weighted by molar-refractivity contribution is 0.163. The summed E-state index contributed by atoms with van der Waals surface area (Å²) in [5.74, 6) is 0.720. The molecule has 0 amide bonds. The van der Waals surface area contributed by atoms with Gasteiger partial charge in [-0.2, -0.15) is 4.31 Å². The summed E-state index contributed by atoms with van der Waals surface area (Å²) in [4.78, 5) is 8.31. The molecule has 21 heavy (non-hydrogen) atoms. The van der Waals surface area contributed by atoms with Crippen LogP contribution in [0.1, 0.15) is 0 Å². The molecule has 1 aromatic heterocycles. The van der Waals surface area contributed by atoms with Gasteiger partial charge in [-0.05, 0) is 11.1 Å². The SMILES string of the molecule is O=S(=O)(c1cnc2c(c1)OCCO2)N1CC2=C(CN=C2)C1. The highest BCUT2D eigenvalue weighted by Crippen LogP contribution is 2.32. The molecule has 0 radical (unpaired) electrons. The van der Waals surface area contributed by atoms with Crippen molar-refractivity contribution in [2.45, 2.75) is 4.90 Å². The van der Waals surface area contributed by atoms with Gasteiger partial charge < -0.3 is 9.47 Å². The van der Waals surface area contributed by atoms with Gasteiger partial charge in [-0.1, -0.05) is 0 Å². The van der Waals surface area contributed by atoms with Crippen molar-refractivity contribution in [3.8, 4) is 11.6 Å². The van der Waals surface area contributed by atoms with E-state index >= 15 is 0 Å². The molecule has 0 aliphatic carbocycles. The van der Waals surface area contributed by atoms with Gasteiger partial charge >= 0.3 is 0 Å². The van der Waals surface area contributed by atoms with E-state index in [1.54, 1.807) is 6.21 Å². The summed E-state index contributed by atoms with van der Waals surface area (Å²) in [6, 6.07) is 1.48. The third kappa shape index (κ3) is 2.02. The predicted molar refractivity (Wildman–Crippen MR) is 74.4 cm³/mol. The Bertz CT molecular complexity index is 770. The Kier molecular flexibility index (Phi) is 2.76. The molecule has 4 heterocycles. The first-order chi connectivity index (χ1) is 10.1. The van der Waals surface area contributed by atoms with E-state index in [4.69, 9.17) is 9.47 Å². The summed E-state index contributed by atoms with van der Waals surface area (Å²) in [6.45, 7) is 2.19. The molecule has 0 N–H and O–H groups in total. The van der Waals surface area contributed by atoms with E-state index in [2.05, 4.69) is 9.98 Å². The van der Waals surface area contributed by atoms with E-state index in [0.717, 1.165) is 11.1 Å². The lowest BCUT2D eigenvalue weighted by Gasteiger charge is -2.20. The molecule has 0 aromatic carbocycles. The molecule has 7 nitrogen and oxygen atoms in total. The number of hydrogen-bond acceptors (Lipinski definition) is 6. The van der Waals surface area contributed by atoms with Crippen molar-refractivity contribution in [1.29, 1.82) is 0 Å². The van der Waals surface area contributed by atoms with Crippen molar-refractivity contribution in [2.24, 2.45) is 4.99 Å². The average Bonchev–Trinajstić information content (AvgIpc) is 3.08. The third-order valence-corrected chi connectivity index (χ3v) is 5.46. The molecule has 110 valence electrons. The van der Waals surface area contributed by atoms with Crippen molar-refractivity contribution in [3.05, 3.63) is 23.4 Å². The highest BCUT2D eigenvalue weighted by atomic mass is 32.2. The molecule has 4 rings (SSSR count).